The van der Waals surface area contributed by atoms with Gasteiger partial charge in [-0.15, -0.1) is 0 Å². The van der Waals surface area contributed by atoms with Gasteiger partial charge in [-0.25, -0.2) is 9.48 Å². The largest absolute Gasteiger partial charge is 0.323 e. The molecule has 0 bridgehead atoms. The van der Waals surface area contributed by atoms with E-state index in [0.29, 0.717) is 10.7 Å². The Labute approximate surface area is 138 Å². The number of para-hydroxylation sites is 1. The molecule has 3 aromatic rings. The molecule has 116 valence electrons. The summed E-state index contributed by atoms with van der Waals surface area (Å²) in [6, 6.07) is 14.7. The van der Waals surface area contributed by atoms with Crippen LogP contribution >= 0.6 is 11.6 Å². The number of nitrogens with one attached hydrogen (secondary N) is 2. The minimum absolute atomic E-state index is 0.283. The zero-order chi connectivity index (χ0) is 16.2. The van der Waals surface area contributed by atoms with Gasteiger partial charge in [0.05, 0.1) is 16.9 Å². The van der Waals surface area contributed by atoms with Crippen LogP contribution in [-0.4, -0.2) is 15.8 Å². The highest BCUT2D eigenvalue weighted by Crippen LogP contribution is 2.17. The van der Waals surface area contributed by atoms with Gasteiger partial charge in [-0.1, -0.05) is 29.8 Å². The molecule has 1 heterocycles. The summed E-state index contributed by atoms with van der Waals surface area (Å²) in [6.07, 6.45) is 3.29. The fourth-order valence-electron chi connectivity index (χ4n) is 2.14. The molecule has 0 saturated heterocycles. The first-order chi connectivity index (χ1) is 11.1. The van der Waals surface area contributed by atoms with E-state index in [0.717, 1.165) is 16.9 Å². The van der Waals surface area contributed by atoms with Crippen molar-refractivity contribution in [3.63, 3.8) is 0 Å². The number of urea groups is 1. The molecule has 0 spiro atoms. The first kappa shape index (κ1) is 15.1. The third kappa shape index (κ3) is 3.70. The topological polar surface area (TPSA) is 59.0 Å². The van der Waals surface area contributed by atoms with Crippen LogP contribution in [0.5, 0.6) is 0 Å². The summed E-state index contributed by atoms with van der Waals surface area (Å²) in [5.74, 6) is 0. The van der Waals surface area contributed by atoms with Gasteiger partial charge >= 0.3 is 6.03 Å². The van der Waals surface area contributed by atoms with E-state index in [-0.39, 0.29) is 6.03 Å². The number of benzene rings is 2. The lowest BCUT2D eigenvalue weighted by Gasteiger charge is -2.10. The Balaban J connectivity index is 1.66. The summed E-state index contributed by atoms with van der Waals surface area (Å²) in [6.45, 7) is 1.94. The number of anilines is 2. The third-order valence-corrected chi connectivity index (χ3v) is 3.53. The number of amides is 2. The van der Waals surface area contributed by atoms with Crippen molar-refractivity contribution in [3.8, 4) is 5.69 Å². The molecule has 0 aliphatic rings. The maximum atomic E-state index is 12.0. The zero-order valence-corrected chi connectivity index (χ0v) is 13.2. The van der Waals surface area contributed by atoms with Gasteiger partial charge in [-0.3, -0.25) is 0 Å². The molecule has 0 aliphatic carbocycles. The smallest absolute Gasteiger partial charge is 0.308 e. The first-order valence-corrected chi connectivity index (χ1v) is 7.44. The second kappa shape index (κ2) is 6.54. The Morgan fingerprint density at radius 1 is 1.09 bits per heavy atom. The lowest BCUT2D eigenvalue weighted by Crippen LogP contribution is -2.19. The molecule has 0 unspecified atom stereocenters. The third-order valence-electron chi connectivity index (χ3n) is 3.33. The van der Waals surface area contributed by atoms with E-state index in [1.54, 1.807) is 17.1 Å². The minimum Gasteiger partial charge on any atom is -0.308 e. The summed E-state index contributed by atoms with van der Waals surface area (Å²) in [7, 11) is 0. The lowest BCUT2D eigenvalue weighted by atomic mass is 10.2. The van der Waals surface area contributed by atoms with Gasteiger partial charge in [0.1, 0.15) is 0 Å². The number of carbonyl (C=O) groups excluding carboxylic acids is 1. The van der Waals surface area contributed by atoms with Crippen molar-refractivity contribution in [1.82, 2.24) is 9.78 Å². The summed E-state index contributed by atoms with van der Waals surface area (Å²) in [5, 5.41) is 10.3. The standard InChI is InChI=1S/C17H15ClN4O/c1-12-4-2-3-5-16(12)21-17(23)20-14-6-8-15(9-7-14)22-11-13(18)10-19-22/h2-11H,1H3,(H2,20,21,23). The van der Waals surface area contributed by atoms with Crippen molar-refractivity contribution in [3.05, 3.63) is 71.5 Å². The molecule has 2 aromatic carbocycles. The summed E-state index contributed by atoms with van der Waals surface area (Å²) in [5.41, 5.74) is 3.35. The van der Waals surface area contributed by atoms with E-state index in [9.17, 15) is 4.79 Å². The second-order valence-corrected chi connectivity index (χ2v) is 5.48. The maximum absolute atomic E-state index is 12.0. The molecule has 6 heteroatoms. The number of halogens is 1. The number of aromatic nitrogens is 2. The van der Waals surface area contributed by atoms with Gasteiger partial charge in [0.25, 0.3) is 0 Å². The fraction of sp³-hybridized carbons (Fsp3) is 0.0588. The maximum Gasteiger partial charge on any atom is 0.323 e. The van der Waals surface area contributed by atoms with E-state index in [1.165, 1.54) is 0 Å². The summed E-state index contributed by atoms with van der Waals surface area (Å²) < 4.78 is 1.67. The summed E-state index contributed by atoms with van der Waals surface area (Å²) >= 11 is 5.85. The SMILES string of the molecule is Cc1ccccc1NC(=O)Nc1ccc(-n2cc(Cl)cn2)cc1. The van der Waals surface area contributed by atoms with E-state index >= 15 is 0 Å². The summed E-state index contributed by atoms with van der Waals surface area (Å²) in [4.78, 5) is 12.0. The van der Waals surface area contributed by atoms with Crippen molar-refractivity contribution in [2.75, 3.05) is 10.6 Å². The van der Waals surface area contributed by atoms with Gasteiger partial charge in [-0.05, 0) is 42.8 Å². The Hall–Kier alpha value is -2.79. The lowest BCUT2D eigenvalue weighted by molar-refractivity contribution is 0.262. The van der Waals surface area contributed by atoms with E-state index in [2.05, 4.69) is 15.7 Å². The van der Waals surface area contributed by atoms with Crippen LogP contribution in [0.1, 0.15) is 5.56 Å². The van der Waals surface area contributed by atoms with Crippen molar-refractivity contribution in [2.45, 2.75) is 6.92 Å². The van der Waals surface area contributed by atoms with Crippen LogP contribution < -0.4 is 10.6 Å². The molecular weight excluding hydrogens is 312 g/mol. The average Bonchev–Trinajstić information content (AvgIpc) is 2.97. The first-order valence-electron chi connectivity index (χ1n) is 7.06. The number of aryl methyl sites for hydroxylation is 1. The molecule has 0 aliphatic heterocycles. The van der Waals surface area contributed by atoms with Gasteiger partial charge in [0.2, 0.25) is 0 Å². The van der Waals surface area contributed by atoms with Crippen molar-refractivity contribution in [2.24, 2.45) is 0 Å². The van der Waals surface area contributed by atoms with E-state index < -0.39 is 0 Å². The monoisotopic (exact) mass is 326 g/mol. The normalized spacial score (nSPS) is 10.3. The molecule has 1 aromatic heterocycles. The number of nitrogens with zero attached hydrogens (tertiary/aromatic N) is 2. The van der Waals surface area contributed by atoms with Crippen LogP contribution in [0.25, 0.3) is 5.69 Å². The van der Waals surface area contributed by atoms with Crippen molar-refractivity contribution in [1.29, 1.82) is 0 Å². The second-order valence-electron chi connectivity index (χ2n) is 5.04. The van der Waals surface area contributed by atoms with E-state index in [1.807, 2.05) is 55.5 Å². The van der Waals surface area contributed by atoms with Gasteiger partial charge < -0.3 is 10.6 Å². The highest BCUT2D eigenvalue weighted by molar-refractivity contribution is 6.30. The highest BCUT2D eigenvalue weighted by Gasteiger charge is 2.05. The molecule has 0 saturated carbocycles. The molecule has 2 amide bonds. The average molecular weight is 327 g/mol. The number of carbonyl (C=O) groups is 1. The molecule has 5 nitrogen and oxygen atoms in total. The number of hydrogen-bond acceptors (Lipinski definition) is 2. The van der Waals surface area contributed by atoms with Crippen LogP contribution in [0, 0.1) is 6.92 Å². The Morgan fingerprint density at radius 3 is 2.48 bits per heavy atom. The van der Waals surface area contributed by atoms with Gasteiger partial charge in [0, 0.05) is 17.6 Å². The predicted molar refractivity (Wildman–Crippen MR) is 92.4 cm³/mol. The zero-order valence-electron chi connectivity index (χ0n) is 12.5. The Bertz CT molecular complexity index is 827. The van der Waals surface area contributed by atoms with Crippen LogP contribution in [0.2, 0.25) is 5.02 Å². The van der Waals surface area contributed by atoms with Crippen molar-refractivity contribution >= 4 is 29.0 Å². The molecule has 2 N–H and O–H groups in total. The molecule has 0 fully saturated rings. The molecular formula is C17H15ClN4O. The van der Waals surface area contributed by atoms with Crippen LogP contribution in [0.3, 0.4) is 0 Å². The molecule has 23 heavy (non-hydrogen) atoms. The minimum atomic E-state index is -0.283. The quantitative estimate of drug-likeness (QED) is 0.745. The Kier molecular flexibility index (Phi) is 4.30. The Morgan fingerprint density at radius 2 is 1.83 bits per heavy atom. The van der Waals surface area contributed by atoms with Crippen molar-refractivity contribution < 1.29 is 4.79 Å². The molecule has 3 rings (SSSR count). The molecule has 0 atom stereocenters. The number of hydrogen-bond donors (Lipinski definition) is 2. The van der Waals surface area contributed by atoms with Crippen LogP contribution in [0.4, 0.5) is 16.2 Å². The van der Waals surface area contributed by atoms with Crippen LogP contribution in [0.15, 0.2) is 60.9 Å². The van der Waals surface area contributed by atoms with Gasteiger partial charge in [-0.2, -0.15) is 5.10 Å². The predicted octanol–water partition coefficient (Wildman–Crippen LogP) is 4.48. The highest BCUT2D eigenvalue weighted by atomic mass is 35.5. The van der Waals surface area contributed by atoms with Crippen LogP contribution in [-0.2, 0) is 0 Å². The fourth-order valence-corrected chi connectivity index (χ4v) is 2.27. The van der Waals surface area contributed by atoms with Gasteiger partial charge in [0.15, 0.2) is 0 Å². The van der Waals surface area contributed by atoms with E-state index in [4.69, 9.17) is 11.6 Å². The molecule has 0 radical (unpaired) electrons. The number of rotatable bonds is 3.